The van der Waals surface area contributed by atoms with Gasteiger partial charge in [-0.05, 0) is 20.2 Å². The van der Waals surface area contributed by atoms with Gasteiger partial charge in [0.1, 0.15) is 0 Å². The summed E-state index contributed by atoms with van der Waals surface area (Å²) in [4.78, 5) is 9.61. The second kappa shape index (κ2) is 8.81. The van der Waals surface area contributed by atoms with Crippen molar-refractivity contribution in [1.29, 1.82) is 0 Å². The predicted octanol–water partition coefficient (Wildman–Crippen LogP) is 1.10. The van der Waals surface area contributed by atoms with Gasteiger partial charge in [0, 0.05) is 20.2 Å². The van der Waals surface area contributed by atoms with Crippen molar-refractivity contribution in [3.63, 3.8) is 0 Å². The lowest BCUT2D eigenvalue weighted by atomic mass is 10.3. The molecule has 0 aliphatic heterocycles. The van der Waals surface area contributed by atoms with Gasteiger partial charge in [-0.15, -0.1) is 12.4 Å². The van der Waals surface area contributed by atoms with Crippen molar-refractivity contribution in [2.24, 2.45) is 0 Å². The summed E-state index contributed by atoms with van der Waals surface area (Å²) < 4.78 is 24.3. The number of benzene rings is 1. The Bertz CT molecular complexity index is 505. The largest absolute Gasteiger partial charge is 0.323 e. The van der Waals surface area contributed by atoms with Gasteiger partial charge in [0.15, 0.2) is 4.90 Å². The fourth-order valence-corrected chi connectivity index (χ4v) is 2.07. The number of nitro benzene ring substituents is 1. The van der Waals surface area contributed by atoms with Crippen molar-refractivity contribution in [1.82, 2.24) is 9.62 Å². The lowest BCUT2D eigenvalue weighted by Crippen LogP contribution is -2.23. The first-order valence-electron chi connectivity index (χ1n) is 5.03. The SMILES string of the molecule is CN(C)S(=O)(=O)c1ccccc1[N+](=O)[O-].CNC.Cl. The van der Waals surface area contributed by atoms with E-state index in [2.05, 4.69) is 5.32 Å². The molecule has 0 heterocycles. The van der Waals surface area contributed by atoms with Crippen LogP contribution in [0, 0.1) is 10.1 Å². The topological polar surface area (TPSA) is 92.5 Å². The van der Waals surface area contributed by atoms with Gasteiger partial charge in [0.25, 0.3) is 5.69 Å². The van der Waals surface area contributed by atoms with Crippen LogP contribution in [0.25, 0.3) is 0 Å². The normalized spacial score (nSPS) is 10.2. The van der Waals surface area contributed by atoms with Crippen LogP contribution in [-0.4, -0.2) is 45.8 Å². The van der Waals surface area contributed by atoms with E-state index in [1.54, 1.807) is 0 Å². The van der Waals surface area contributed by atoms with Crippen molar-refractivity contribution in [3.05, 3.63) is 34.4 Å². The van der Waals surface area contributed by atoms with E-state index in [0.29, 0.717) is 0 Å². The monoisotopic (exact) mass is 311 g/mol. The lowest BCUT2D eigenvalue weighted by molar-refractivity contribution is -0.387. The molecule has 7 nitrogen and oxygen atoms in total. The number of rotatable bonds is 3. The Morgan fingerprint density at radius 2 is 1.63 bits per heavy atom. The maximum Gasteiger partial charge on any atom is 0.289 e. The molecule has 0 aromatic heterocycles. The quantitative estimate of drug-likeness (QED) is 0.666. The molecular weight excluding hydrogens is 294 g/mol. The molecule has 0 amide bonds. The molecule has 110 valence electrons. The van der Waals surface area contributed by atoms with E-state index in [-0.39, 0.29) is 17.3 Å². The first-order valence-corrected chi connectivity index (χ1v) is 6.47. The summed E-state index contributed by atoms with van der Waals surface area (Å²) in [7, 11) is 2.64. The van der Waals surface area contributed by atoms with Crippen molar-refractivity contribution >= 4 is 28.1 Å². The average Bonchev–Trinajstić information content (AvgIpc) is 2.29. The molecule has 1 aromatic carbocycles. The van der Waals surface area contributed by atoms with Crippen molar-refractivity contribution in [2.45, 2.75) is 4.90 Å². The summed E-state index contributed by atoms with van der Waals surface area (Å²) in [5.41, 5.74) is -0.411. The van der Waals surface area contributed by atoms with E-state index >= 15 is 0 Å². The Kier molecular flexibility index (Phi) is 9.32. The number of para-hydroxylation sites is 1. The molecule has 0 saturated heterocycles. The lowest BCUT2D eigenvalue weighted by Gasteiger charge is -2.10. The predicted molar refractivity (Wildman–Crippen MR) is 76.2 cm³/mol. The van der Waals surface area contributed by atoms with Crippen LogP contribution in [0.15, 0.2) is 29.2 Å². The number of nitrogens with zero attached hydrogens (tertiary/aromatic N) is 2. The molecule has 0 saturated carbocycles. The first kappa shape index (κ1) is 20.1. The highest BCUT2D eigenvalue weighted by molar-refractivity contribution is 7.89. The van der Waals surface area contributed by atoms with Gasteiger partial charge in [-0.1, -0.05) is 12.1 Å². The number of sulfonamides is 1. The molecule has 0 bridgehead atoms. The van der Waals surface area contributed by atoms with Crippen LogP contribution in [0.1, 0.15) is 0 Å². The van der Waals surface area contributed by atoms with E-state index in [1.165, 1.54) is 32.3 Å². The van der Waals surface area contributed by atoms with Crippen LogP contribution in [-0.2, 0) is 10.0 Å². The Balaban J connectivity index is 0. The third kappa shape index (κ3) is 5.52. The highest BCUT2D eigenvalue weighted by atomic mass is 35.5. The van der Waals surface area contributed by atoms with Crippen LogP contribution >= 0.6 is 12.4 Å². The molecule has 19 heavy (non-hydrogen) atoms. The van der Waals surface area contributed by atoms with Gasteiger partial charge in [-0.3, -0.25) is 10.1 Å². The third-order valence-corrected chi connectivity index (χ3v) is 3.68. The highest BCUT2D eigenvalue weighted by Gasteiger charge is 2.26. The Labute approximate surface area is 119 Å². The van der Waals surface area contributed by atoms with E-state index < -0.39 is 20.6 Å². The molecule has 0 aliphatic rings. The molecular formula is C10H18ClN3O4S. The zero-order valence-electron chi connectivity index (χ0n) is 11.2. The molecule has 0 spiro atoms. The Hall–Kier alpha value is -1.22. The fourth-order valence-electron chi connectivity index (χ4n) is 1.02. The summed E-state index contributed by atoms with van der Waals surface area (Å²) in [5, 5.41) is 13.4. The fraction of sp³-hybridized carbons (Fsp3) is 0.400. The maximum atomic E-state index is 11.7. The van der Waals surface area contributed by atoms with Gasteiger partial charge in [-0.2, -0.15) is 0 Å². The molecule has 0 aliphatic carbocycles. The zero-order chi connectivity index (χ0) is 14.3. The molecule has 0 radical (unpaired) electrons. The van der Waals surface area contributed by atoms with Gasteiger partial charge < -0.3 is 5.32 Å². The summed E-state index contributed by atoms with van der Waals surface area (Å²) in [6.07, 6.45) is 0. The standard InChI is InChI=1S/C8H10N2O4S.C2H7N.ClH/c1-9(2)15(13,14)8-6-4-3-5-7(8)10(11)12;1-3-2;/h3-6H,1-2H3;3H,1-2H3;1H. The molecule has 9 heteroatoms. The van der Waals surface area contributed by atoms with Crippen molar-refractivity contribution in [2.75, 3.05) is 28.2 Å². The average molecular weight is 312 g/mol. The smallest absolute Gasteiger partial charge is 0.289 e. The molecule has 0 fully saturated rings. The first-order chi connectivity index (χ1) is 8.28. The molecule has 1 aromatic rings. The minimum Gasteiger partial charge on any atom is -0.323 e. The third-order valence-electron chi connectivity index (χ3n) is 1.82. The van der Waals surface area contributed by atoms with E-state index in [9.17, 15) is 18.5 Å². The summed E-state index contributed by atoms with van der Waals surface area (Å²) >= 11 is 0. The number of nitro groups is 1. The van der Waals surface area contributed by atoms with E-state index in [1.807, 2.05) is 14.1 Å². The van der Waals surface area contributed by atoms with Crippen LogP contribution in [0.3, 0.4) is 0 Å². The number of halogens is 1. The van der Waals surface area contributed by atoms with Crippen LogP contribution in [0.4, 0.5) is 5.69 Å². The van der Waals surface area contributed by atoms with Gasteiger partial charge in [0.05, 0.1) is 4.92 Å². The molecule has 1 N–H and O–H groups in total. The summed E-state index contributed by atoms with van der Waals surface area (Å²) in [6, 6.07) is 5.25. The van der Waals surface area contributed by atoms with Crippen molar-refractivity contribution < 1.29 is 13.3 Å². The Morgan fingerprint density at radius 1 is 1.21 bits per heavy atom. The second-order valence-corrected chi connectivity index (χ2v) is 5.63. The van der Waals surface area contributed by atoms with Gasteiger partial charge in [-0.25, -0.2) is 12.7 Å². The molecule has 0 unspecified atom stereocenters. The molecule has 1 rings (SSSR count). The van der Waals surface area contributed by atoms with Crippen molar-refractivity contribution in [3.8, 4) is 0 Å². The maximum absolute atomic E-state index is 11.7. The number of hydrogen-bond donors (Lipinski definition) is 1. The van der Waals surface area contributed by atoms with Crippen LogP contribution in [0.5, 0.6) is 0 Å². The van der Waals surface area contributed by atoms with Gasteiger partial charge >= 0.3 is 0 Å². The summed E-state index contributed by atoms with van der Waals surface area (Å²) in [5.74, 6) is 0. The number of nitrogens with one attached hydrogen (secondary N) is 1. The van der Waals surface area contributed by atoms with Crippen LogP contribution < -0.4 is 5.32 Å². The zero-order valence-corrected chi connectivity index (χ0v) is 12.8. The number of hydrogen-bond acceptors (Lipinski definition) is 5. The molecule has 0 atom stereocenters. The highest BCUT2D eigenvalue weighted by Crippen LogP contribution is 2.24. The van der Waals surface area contributed by atoms with Gasteiger partial charge in [0.2, 0.25) is 10.0 Å². The minimum absolute atomic E-state index is 0. The van der Waals surface area contributed by atoms with E-state index in [4.69, 9.17) is 0 Å². The summed E-state index contributed by atoms with van der Waals surface area (Å²) in [6.45, 7) is 0. The Morgan fingerprint density at radius 3 is 2.00 bits per heavy atom. The second-order valence-electron chi connectivity index (χ2n) is 3.51. The van der Waals surface area contributed by atoms with Crippen LogP contribution in [0.2, 0.25) is 0 Å². The van der Waals surface area contributed by atoms with E-state index in [0.717, 1.165) is 10.4 Å². The minimum atomic E-state index is -3.76.